The molecule has 4 heteroatoms. The highest BCUT2D eigenvalue weighted by Gasteiger charge is 2.23. The first-order chi connectivity index (χ1) is 8.09. The molecular weight excluding hydrogens is 344 g/mol. The van der Waals surface area contributed by atoms with E-state index in [1.165, 1.54) is 42.3 Å². The fourth-order valence-electron chi connectivity index (χ4n) is 2.78. The highest BCUT2D eigenvalue weighted by Crippen LogP contribution is 2.34. The summed E-state index contributed by atoms with van der Waals surface area (Å²) in [6.45, 7) is 2.05. The second-order valence-corrected chi connectivity index (χ2v) is 7.04. The molecule has 1 aliphatic rings. The second kappa shape index (κ2) is 5.87. The zero-order valence-electron chi connectivity index (χ0n) is 10.5. The largest absolute Gasteiger partial charge is 0.271 e. The van der Waals surface area contributed by atoms with Crippen LogP contribution in [0.25, 0.3) is 0 Å². The lowest BCUT2D eigenvalue weighted by Gasteiger charge is -2.16. The smallest absolute Gasteiger partial charge is 0.0738 e. The van der Waals surface area contributed by atoms with Crippen LogP contribution in [0, 0.1) is 12.8 Å². The van der Waals surface area contributed by atoms with Crippen molar-refractivity contribution in [2.45, 2.75) is 50.3 Å². The van der Waals surface area contributed by atoms with E-state index >= 15 is 0 Å². The van der Waals surface area contributed by atoms with Crippen molar-refractivity contribution in [1.29, 1.82) is 0 Å². The molecule has 0 aromatic carbocycles. The maximum atomic E-state index is 4.44. The fraction of sp³-hybridized carbons (Fsp3) is 0.769. The van der Waals surface area contributed by atoms with Gasteiger partial charge in [-0.25, -0.2) is 0 Å². The summed E-state index contributed by atoms with van der Waals surface area (Å²) >= 11 is 7.51. The van der Waals surface area contributed by atoms with Gasteiger partial charge in [0.1, 0.15) is 0 Å². The van der Waals surface area contributed by atoms with Gasteiger partial charge in [-0.05, 0) is 54.5 Å². The lowest BCUT2D eigenvalue weighted by atomic mass is 9.99. The molecule has 0 aliphatic heterocycles. The standard InChI is InChI=1S/C13H20Br2N2/c1-9-13(15)12(17(2)16-9)8-7-11(14)10-5-3-4-6-10/h10-11H,3-8H2,1-2H3. The van der Waals surface area contributed by atoms with E-state index in [1.807, 2.05) is 11.7 Å². The predicted octanol–water partition coefficient (Wildman–Crippen LogP) is 4.38. The highest BCUT2D eigenvalue weighted by atomic mass is 79.9. The number of halogens is 2. The Bertz CT molecular complexity index is 381. The Balaban J connectivity index is 1.92. The van der Waals surface area contributed by atoms with Crippen molar-refractivity contribution in [3.63, 3.8) is 0 Å². The summed E-state index contributed by atoms with van der Waals surface area (Å²) in [6.07, 6.45) is 7.96. The van der Waals surface area contributed by atoms with E-state index < -0.39 is 0 Å². The predicted molar refractivity (Wildman–Crippen MR) is 78.6 cm³/mol. The van der Waals surface area contributed by atoms with Crippen molar-refractivity contribution in [2.24, 2.45) is 13.0 Å². The first-order valence-electron chi connectivity index (χ1n) is 6.41. The molecule has 17 heavy (non-hydrogen) atoms. The number of nitrogens with zero attached hydrogens (tertiary/aromatic N) is 2. The molecule has 0 saturated heterocycles. The zero-order valence-corrected chi connectivity index (χ0v) is 13.7. The number of rotatable bonds is 4. The van der Waals surface area contributed by atoms with Crippen LogP contribution in [0.4, 0.5) is 0 Å². The SMILES string of the molecule is Cc1nn(C)c(CCC(Br)C2CCCC2)c1Br. The Hall–Kier alpha value is 0.170. The molecule has 1 fully saturated rings. The molecule has 1 unspecified atom stereocenters. The van der Waals surface area contributed by atoms with E-state index in [1.54, 1.807) is 0 Å². The van der Waals surface area contributed by atoms with Gasteiger partial charge in [0.2, 0.25) is 0 Å². The number of alkyl halides is 1. The van der Waals surface area contributed by atoms with Gasteiger partial charge in [-0.1, -0.05) is 28.8 Å². The maximum Gasteiger partial charge on any atom is 0.0738 e. The summed E-state index contributed by atoms with van der Waals surface area (Å²) in [5.41, 5.74) is 2.42. The van der Waals surface area contributed by atoms with Gasteiger partial charge in [0.25, 0.3) is 0 Å². The molecule has 0 N–H and O–H groups in total. The summed E-state index contributed by atoms with van der Waals surface area (Å²) in [5, 5.41) is 4.44. The van der Waals surface area contributed by atoms with Gasteiger partial charge in [-0.15, -0.1) is 0 Å². The third-order valence-electron chi connectivity index (χ3n) is 3.83. The summed E-state index contributed by atoms with van der Waals surface area (Å²) in [4.78, 5) is 0.673. The number of aryl methyl sites for hydroxylation is 2. The van der Waals surface area contributed by atoms with Crippen LogP contribution in [0.3, 0.4) is 0 Å². The number of aromatic nitrogens is 2. The number of hydrogen-bond acceptors (Lipinski definition) is 1. The molecule has 1 aromatic rings. The van der Waals surface area contributed by atoms with Crippen LogP contribution in [0.2, 0.25) is 0 Å². The molecule has 0 amide bonds. The van der Waals surface area contributed by atoms with Gasteiger partial charge in [0.05, 0.1) is 15.9 Å². The third-order valence-corrected chi connectivity index (χ3v) is 6.07. The Morgan fingerprint density at radius 2 is 2.06 bits per heavy atom. The van der Waals surface area contributed by atoms with Gasteiger partial charge >= 0.3 is 0 Å². The Kier molecular flexibility index (Phi) is 4.70. The lowest BCUT2D eigenvalue weighted by Crippen LogP contribution is -2.12. The van der Waals surface area contributed by atoms with E-state index in [0.29, 0.717) is 4.83 Å². The van der Waals surface area contributed by atoms with E-state index in [0.717, 1.165) is 18.0 Å². The normalized spacial score (nSPS) is 18.8. The monoisotopic (exact) mass is 362 g/mol. The minimum absolute atomic E-state index is 0.673. The summed E-state index contributed by atoms with van der Waals surface area (Å²) in [6, 6.07) is 0. The van der Waals surface area contributed by atoms with Crippen LogP contribution in [0.1, 0.15) is 43.5 Å². The van der Waals surface area contributed by atoms with Crippen molar-refractivity contribution >= 4 is 31.9 Å². The van der Waals surface area contributed by atoms with Crippen molar-refractivity contribution in [2.75, 3.05) is 0 Å². The zero-order chi connectivity index (χ0) is 12.4. The minimum Gasteiger partial charge on any atom is -0.271 e. The molecule has 0 radical (unpaired) electrons. The molecule has 96 valence electrons. The van der Waals surface area contributed by atoms with E-state index in [2.05, 4.69) is 43.9 Å². The average molecular weight is 364 g/mol. The van der Waals surface area contributed by atoms with Crippen molar-refractivity contribution in [3.8, 4) is 0 Å². The quantitative estimate of drug-likeness (QED) is 0.726. The molecule has 0 bridgehead atoms. The van der Waals surface area contributed by atoms with E-state index in [4.69, 9.17) is 0 Å². The second-order valence-electron chi connectivity index (χ2n) is 5.07. The maximum absolute atomic E-state index is 4.44. The Morgan fingerprint density at radius 3 is 2.59 bits per heavy atom. The lowest BCUT2D eigenvalue weighted by molar-refractivity contribution is 0.500. The molecule has 2 nitrogen and oxygen atoms in total. The highest BCUT2D eigenvalue weighted by molar-refractivity contribution is 9.10. The van der Waals surface area contributed by atoms with Crippen molar-refractivity contribution < 1.29 is 0 Å². The minimum atomic E-state index is 0.673. The topological polar surface area (TPSA) is 17.8 Å². The average Bonchev–Trinajstić information content (AvgIpc) is 2.88. The number of hydrogen-bond donors (Lipinski definition) is 0. The fourth-order valence-corrected chi connectivity index (χ4v) is 4.07. The summed E-state index contributed by atoms with van der Waals surface area (Å²) in [5.74, 6) is 0.892. The third kappa shape index (κ3) is 3.14. The summed E-state index contributed by atoms with van der Waals surface area (Å²) < 4.78 is 3.19. The van der Waals surface area contributed by atoms with Gasteiger partial charge in [0, 0.05) is 11.9 Å². The van der Waals surface area contributed by atoms with Gasteiger partial charge in [-0.2, -0.15) is 5.10 Å². The summed E-state index contributed by atoms with van der Waals surface area (Å²) in [7, 11) is 2.03. The van der Waals surface area contributed by atoms with Crippen molar-refractivity contribution in [1.82, 2.24) is 9.78 Å². The van der Waals surface area contributed by atoms with Crippen molar-refractivity contribution in [3.05, 3.63) is 15.9 Å². The van der Waals surface area contributed by atoms with Crippen LogP contribution in [-0.2, 0) is 13.5 Å². The molecule has 1 atom stereocenters. The molecule has 1 aromatic heterocycles. The van der Waals surface area contributed by atoms with Crippen LogP contribution in [-0.4, -0.2) is 14.6 Å². The molecule has 1 aliphatic carbocycles. The van der Waals surface area contributed by atoms with Crippen LogP contribution in [0.5, 0.6) is 0 Å². The van der Waals surface area contributed by atoms with Crippen LogP contribution < -0.4 is 0 Å². The van der Waals surface area contributed by atoms with Crippen LogP contribution in [0.15, 0.2) is 4.47 Å². The first-order valence-corrected chi connectivity index (χ1v) is 8.12. The Morgan fingerprint density at radius 1 is 1.41 bits per heavy atom. The molecule has 1 saturated carbocycles. The Labute approximate surface area is 120 Å². The van der Waals surface area contributed by atoms with Gasteiger partial charge < -0.3 is 0 Å². The molecule has 2 rings (SSSR count). The molecular formula is C13H20Br2N2. The molecule has 0 spiro atoms. The first kappa shape index (κ1) is 13.6. The van der Waals surface area contributed by atoms with Gasteiger partial charge in [0.15, 0.2) is 0 Å². The van der Waals surface area contributed by atoms with E-state index in [-0.39, 0.29) is 0 Å². The molecule has 1 heterocycles. The van der Waals surface area contributed by atoms with Gasteiger partial charge in [-0.3, -0.25) is 4.68 Å². The van der Waals surface area contributed by atoms with Crippen LogP contribution >= 0.6 is 31.9 Å². The van der Waals surface area contributed by atoms with E-state index in [9.17, 15) is 0 Å².